The number of rotatable bonds is 6. The highest BCUT2D eigenvalue weighted by Gasteiger charge is 2.38. The van der Waals surface area contributed by atoms with Crippen LogP contribution >= 0.6 is 0 Å². The summed E-state index contributed by atoms with van der Waals surface area (Å²) >= 11 is 0. The predicted molar refractivity (Wildman–Crippen MR) is 81.1 cm³/mol. The molecule has 1 aliphatic rings. The van der Waals surface area contributed by atoms with Gasteiger partial charge in [0, 0.05) is 18.7 Å². The molecular formula is C16H24N2O3. The summed E-state index contributed by atoms with van der Waals surface area (Å²) in [5.41, 5.74) is 0.974. The highest BCUT2D eigenvalue weighted by atomic mass is 16.5. The number of carbonyl (C=O) groups excluding carboxylic acids is 1. The topological polar surface area (TPSA) is 50.8 Å². The second kappa shape index (κ2) is 6.91. The van der Waals surface area contributed by atoms with E-state index in [-0.39, 0.29) is 24.2 Å². The van der Waals surface area contributed by atoms with Crippen molar-refractivity contribution in [1.82, 2.24) is 10.2 Å². The van der Waals surface area contributed by atoms with Gasteiger partial charge in [0.2, 0.25) is 5.91 Å². The Morgan fingerprint density at radius 1 is 1.38 bits per heavy atom. The smallest absolute Gasteiger partial charge is 0.241 e. The Hall–Kier alpha value is -1.59. The summed E-state index contributed by atoms with van der Waals surface area (Å²) in [5.74, 6) is 0.878. The number of methoxy groups -OCH3 is 1. The fourth-order valence-corrected chi connectivity index (χ4v) is 2.73. The van der Waals surface area contributed by atoms with Crippen LogP contribution in [0.1, 0.15) is 32.5 Å². The monoisotopic (exact) mass is 292 g/mol. The number of hydrogen-bond acceptors (Lipinski definition) is 4. The van der Waals surface area contributed by atoms with Crippen LogP contribution in [-0.4, -0.2) is 43.2 Å². The van der Waals surface area contributed by atoms with Gasteiger partial charge in [0.05, 0.1) is 19.3 Å². The van der Waals surface area contributed by atoms with Crippen molar-refractivity contribution in [3.63, 3.8) is 0 Å². The molecule has 0 aliphatic carbocycles. The van der Waals surface area contributed by atoms with Crippen LogP contribution in [0, 0.1) is 0 Å². The summed E-state index contributed by atoms with van der Waals surface area (Å²) in [7, 11) is 1.65. The Kier molecular flexibility index (Phi) is 5.20. The molecule has 1 N–H and O–H groups in total. The first kappa shape index (κ1) is 15.8. The lowest BCUT2D eigenvalue weighted by atomic mass is 10.1. The molecule has 3 atom stereocenters. The molecular weight excluding hydrogens is 268 g/mol. The highest BCUT2D eigenvalue weighted by Crippen LogP contribution is 2.31. The lowest BCUT2D eigenvalue weighted by Gasteiger charge is -2.28. The standard InChI is InChI=1S/C16H24N2O3/c1-5-21-11(2)10-18-15(17-12(3)16(18)19)13-8-6-7-9-14(13)20-4/h6-9,11-12,15,17H,5,10H2,1-4H3. The van der Waals surface area contributed by atoms with E-state index >= 15 is 0 Å². The average Bonchev–Trinajstić information content (AvgIpc) is 2.75. The van der Waals surface area contributed by atoms with Crippen molar-refractivity contribution in [2.24, 2.45) is 0 Å². The Bertz CT molecular complexity index is 492. The van der Waals surface area contributed by atoms with Crippen molar-refractivity contribution < 1.29 is 14.3 Å². The molecule has 0 spiro atoms. The third-order valence-electron chi connectivity index (χ3n) is 3.71. The largest absolute Gasteiger partial charge is 0.496 e. The first-order chi connectivity index (χ1) is 10.1. The molecule has 0 bridgehead atoms. The molecule has 1 aromatic rings. The van der Waals surface area contributed by atoms with Gasteiger partial charge in [0.15, 0.2) is 0 Å². The highest BCUT2D eigenvalue weighted by molar-refractivity contribution is 5.84. The Morgan fingerprint density at radius 2 is 2.10 bits per heavy atom. The molecule has 0 radical (unpaired) electrons. The van der Waals surface area contributed by atoms with Gasteiger partial charge in [0.1, 0.15) is 11.9 Å². The number of nitrogens with one attached hydrogen (secondary N) is 1. The minimum atomic E-state index is -0.200. The van der Waals surface area contributed by atoms with Crippen LogP contribution in [0.5, 0.6) is 5.75 Å². The summed E-state index contributed by atoms with van der Waals surface area (Å²) in [5, 5.41) is 3.33. The van der Waals surface area contributed by atoms with Gasteiger partial charge in [0.25, 0.3) is 0 Å². The van der Waals surface area contributed by atoms with Crippen LogP contribution in [0.2, 0.25) is 0 Å². The fraction of sp³-hybridized carbons (Fsp3) is 0.562. The number of hydrogen-bond donors (Lipinski definition) is 1. The van der Waals surface area contributed by atoms with Gasteiger partial charge in [-0.1, -0.05) is 18.2 Å². The molecule has 1 fully saturated rings. The first-order valence-electron chi connectivity index (χ1n) is 7.39. The second-order valence-electron chi connectivity index (χ2n) is 5.29. The summed E-state index contributed by atoms with van der Waals surface area (Å²) in [6.45, 7) is 7.04. The maximum Gasteiger partial charge on any atom is 0.241 e. The number of para-hydroxylation sites is 1. The SMILES string of the molecule is CCOC(C)CN1C(=O)C(C)NC1c1ccccc1OC. The average molecular weight is 292 g/mol. The molecule has 1 amide bonds. The van der Waals surface area contributed by atoms with Gasteiger partial charge < -0.3 is 14.4 Å². The van der Waals surface area contributed by atoms with E-state index in [1.807, 2.05) is 49.9 Å². The Balaban J connectivity index is 2.25. The minimum Gasteiger partial charge on any atom is -0.496 e. The van der Waals surface area contributed by atoms with Crippen molar-refractivity contribution in [2.75, 3.05) is 20.3 Å². The van der Waals surface area contributed by atoms with E-state index in [0.717, 1.165) is 11.3 Å². The van der Waals surface area contributed by atoms with Crippen molar-refractivity contribution in [1.29, 1.82) is 0 Å². The molecule has 21 heavy (non-hydrogen) atoms. The van der Waals surface area contributed by atoms with Crippen LogP contribution < -0.4 is 10.1 Å². The van der Waals surface area contributed by atoms with Crippen molar-refractivity contribution in [3.8, 4) is 5.75 Å². The number of benzene rings is 1. The van der Waals surface area contributed by atoms with Gasteiger partial charge in [-0.05, 0) is 26.8 Å². The maximum absolute atomic E-state index is 12.4. The van der Waals surface area contributed by atoms with Gasteiger partial charge in [-0.2, -0.15) is 0 Å². The van der Waals surface area contributed by atoms with Gasteiger partial charge in [-0.25, -0.2) is 0 Å². The third kappa shape index (κ3) is 3.36. The predicted octanol–water partition coefficient (Wildman–Crippen LogP) is 1.94. The van der Waals surface area contributed by atoms with Crippen molar-refractivity contribution in [2.45, 2.75) is 39.1 Å². The fourth-order valence-electron chi connectivity index (χ4n) is 2.73. The van der Waals surface area contributed by atoms with Crippen LogP contribution in [0.4, 0.5) is 0 Å². The van der Waals surface area contributed by atoms with Crippen molar-refractivity contribution >= 4 is 5.91 Å². The van der Waals surface area contributed by atoms with Gasteiger partial charge in [-0.3, -0.25) is 10.1 Å². The molecule has 2 rings (SSSR count). The van der Waals surface area contributed by atoms with E-state index in [4.69, 9.17) is 9.47 Å². The Labute approximate surface area is 126 Å². The third-order valence-corrected chi connectivity index (χ3v) is 3.71. The lowest BCUT2D eigenvalue weighted by molar-refractivity contribution is -0.131. The summed E-state index contributed by atoms with van der Waals surface area (Å²) in [4.78, 5) is 14.2. The lowest BCUT2D eigenvalue weighted by Crippen LogP contribution is -2.37. The molecule has 1 aliphatic heterocycles. The molecule has 5 nitrogen and oxygen atoms in total. The van der Waals surface area contributed by atoms with Crippen molar-refractivity contribution in [3.05, 3.63) is 29.8 Å². The van der Waals surface area contributed by atoms with E-state index in [2.05, 4.69) is 5.32 Å². The molecule has 1 aromatic carbocycles. The molecule has 1 saturated heterocycles. The number of amides is 1. The van der Waals surface area contributed by atoms with Crippen LogP contribution in [0.3, 0.4) is 0 Å². The van der Waals surface area contributed by atoms with Crippen LogP contribution in [0.25, 0.3) is 0 Å². The maximum atomic E-state index is 12.4. The minimum absolute atomic E-state index is 0.00302. The number of ether oxygens (including phenoxy) is 2. The molecule has 1 heterocycles. The molecule has 0 saturated carbocycles. The first-order valence-corrected chi connectivity index (χ1v) is 7.39. The van der Waals surface area contributed by atoms with Gasteiger partial charge in [-0.15, -0.1) is 0 Å². The molecule has 116 valence electrons. The van der Waals surface area contributed by atoms with E-state index < -0.39 is 0 Å². The van der Waals surface area contributed by atoms with Crippen LogP contribution in [-0.2, 0) is 9.53 Å². The zero-order valence-corrected chi connectivity index (χ0v) is 13.1. The number of carbonyl (C=O) groups is 1. The van der Waals surface area contributed by atoms with E-state index in [1.165, 1.54) is 0 Å². The zero-order chi connectivity index (χ0) is 15.4. The van der Waals surface area contributed by atoms with E-state index in [0.29, 0.717) is 13.2 Å². The second-order valence-corrected chi connectivity index (χ2v) is 5.29. The van der Waals surface area contributed by atoms with Gasteiger partial charge >= 0.3 is 0 Å². The zero-order valence-electron chi connectivity index (χ0n) is 13.1. The quantitative estimate of drug-likeness (QED) is 0.870. The summed E-state index contributed by atoms with van der Waals surface area (Å²) < 4.78 is 11.0. The van der Waals surface area contributed by atoms with E-state index in [9.17, 15) is 4.79 Å². The van der Waals surface area contributed by atoms with E-state index in [1.54, 1.807) is 7.11 Å². The summed E-state index contributed by atoms with van der Waals surface area (Å²) in [6, 6.07) is 7.58. The molecule has 5 heteroatoms. The Morgan fingerprint density at radius 3 is 2.76 bits per heavy atom. The summed E-state index contributed by atoms with van der Waals surface area (Å²) in [6.07, 6.45) is -0.171. The van der Waals surface area contributed by atoms with Crippen LogP contribution in [0.15, 0.2) is 24.3 Å². The normalized spacial score (nSPS) is 23.4. The molecule has 0 aromatic heterocycles. The number of nitrogens with zero attached hydrogens (tertiary/aromatic N) is 1. The molecule has 3 unspecified atom stereocenters.